The van der Waals surface area contributed by atoms with E-state index in [4.69, 9.17) is 27.3 Å². The molecule has 0 spiro atoms. The van der Waals surface area contributed by atoms with Crippen LogP contribution in [-0.4, -0.2) is 11.0 Å². The van der Waals surface area contributed by atoms with Crippen LogP contribution in [-0.2, 0) is 0 Å². The van der Waals surface area contributed by atoms with Gasteiger partial charge in [0.2, 0.25) is 0 Å². The molecule has 3 N–H and O–H groups in total. The lowest BCUT2D eigenvalue weighted by atomic mass is 10.1. The average molecular weight is 291 g/mol. The van der Waals surface area contributed by atoms with Gasteiger partial charge in [-0.2, -0.15) is 0 Å². The normalized spacial score (nSPS) is 11.4. The summed E-state index contributed by atoms with van der Waals surface area (Å²) in [5.41, 5.74) is 8.09. The van der Waals surface area contributed by atoms with Crippen LogP contribution >= 0.6 is 11.6 Å². The summed E-state index contributed by atoms with van der Waals surface area (Å²) in [6.45, 7) is 3.83. The number of aryl methyl sites for hydroxylation is 2. The Morgan fingerprint density at radius 2 is 2.00 bits per heavy atom. The molecule has 0 aliphatic heterocycles. The van der Waals surface area contributed by atoms with Crippen molar-refractivity contribution in [3.05, 3.63) is 58.1 Å². The van der Waals surface area contributed by atoms with Crippen LogP contribution in [0.2, 0.25) is 5.02 Å². The fourth-order valence-electron chi connectivity index (χ4n) is 1.84. The molecule has 2 aromatic rings. The van der Waals surface area contributed by atoms with E-state index in [0.717, 1.165) is 11.1 Å². The van der Waals surface area contributed by atoms with E-state index in [9.17, 15) is 0 Å². The van der Waals surface area contributed by atoms with Crippen LogP contribution in [0.25, 0.3) is 0 Å². The zero-order chi connectivity index (χ0) is 14.7. The van der Waals surface area contributed by atoms with E-state index in [1.807, 2.05) is 38.1 Å². The Balaban J connectivity index is 2.50. The maximum atomic E-state index is 8.85. The van der Waals surface area contributed by atoms with Gasteiger partial charge in [0.05, 0.1) is 10.6 Å². The van der Waals surface area contributed by atoms with Crippen molar-refractivity contribution in [3.8, 4) is 11.5 Å². The Kier molecular flexibility index (Phi) is 4.15. The minimum Gasteiger partial charge on any atom is -0.455 e. The highest BCUT2D eigenvalue weighted by Crippen LogP contribution is 2.34. The van der Waals surface area contributed by atoms with Crippen LogP contribution in [0.4, 0.5) is 0 Å². The van der Waals surface area contributed by atoms with Gasteiger partial charge in [0, 0.05) is 0 Å². The Bertz CT molecular complexity index is 669. The highest BCUT2D eigenvalue weighted by atomic mass is 35.5. The second-order valence-corrected chi connectivity index (χ2v) is 4.88. The molecule has 0 aliphatic rings. The standard InChI is InChI=1S/C15H15ClN2O2/c1-9-6-7-12(16)13(8-9)20-14-10(2)4-3-5-11(14)15(17)18-19/h3-8,19H,1-2H3,(H2,17,18). The zero-order valence-corrected chi connectivity index (χ0v) is 12.0. The van der Waals surface area contributed by atoms with Crippen molar-refractivity contribution in [1.82, 2.24) is 0 Å². The first-order valence-corrected chi connectivity index (χ1v) is 6.42. The number of amidine groups is 1. The minimum absolute atomic E-state index is 0.00697. The van der Waals surface area contributed by atoms with Gasteiger partial charge in [0.25, 0.3) is 0 Å². The molecule has 0 saturated heterocycles. The fraction of sp³-hybridized carbons (Fsp3) is 0.133. The molecule has 4 nitrogen and oxygen atoms in total. The second-order valence-electron chi connectivity index (χ2n) is 4.47. The summed E-state index contributed by atoms with van der Waals surface area (Å²) < 4.78 is 5.87. The molecule has 0 atom stereocenters. The lowest BCUT2D eigenvalue weighted by Crippen LogP contribution is -2.14. The predicted octanol–water partition coefficient (Wildman–Crippen LogP) is 3.84. The average Bonchev–Trinajstić information content (AvgIpc) is 2.44. The van der Waals surface area contributed by atoms with Gasteiger partial charge in [-0.15, -0.1) is 0 Å². The summed E-state index contributed by atoms with van der Waals surface area (Å²) >= 11 is 6.13. The van der Waals surface area contributed by atoms with Crippen LogP contribution in [0.3, 0.4) is 0 Å². The number of nitrogens with two attached hydrogens (primary N) is 1. The van der Waals surface area contributed by atoms with Crippen molar-refractivity contribution in [2.24, 2.45) is 10.9 Å². The molecule has 0 saturated carbocycles. The Morgan fingerprint density at radius 1 is 1.25 bits per heavy atom. The van der Waals surface area contributed by atoms with Gasteiger partial charge in [-0.05, 0) is 43.2 Å². The van der Waals surface area contributed by atoms with Crippen LogP contribution in [0.5, 0.6) is 11.5 Å². The molecule has 0 heterocycles. The third-order valence-electron chi connectivity index (χ3n) is 2.89. The molecule has 2 aromatic carbocycles. The lowest BCUT2D eigenvalue weighted by Gasteiger charge is -2.14. The number of para-hydroxylation sites is 1. The van der Waals surface area contributed by atoms with E-state index in [-0.39, 0.29) is 5.84 Å². The molecule has 0 fully saturated rings. The van der Waals surface area contributed by atoms with E-state index in [2.05, 4.69) is 5.16 Å². The number of nitrogens with zero attached hydrogens (tertiary/aromatic N) is 1. The monoisotopic (exact) mass is 290 g/mol. The topological polar surface area (TPSA) is 67.8 Å². The van der Waals surface area contributed by atoms with Crippen molar-refractivity contribution >= 4 is 17.4 Å². The zero-order valence-electron chi connectivity index (χ0n) is 11.2. The molecule has 104 valence electrons. The molecule has 20 heavy (non-hydrogen) atoms. The van der Waals surface area contributed by atoms with Crippen molar-refractivity contribution in [2.45, 2.75) is 13.8 Å². The first-order chi connectivity index (χ1) is 9.52. The summed E-state index contributed by atoms with van der Waals surface area (Å²) in [6, 6.07) is 10.9. The largest absolute Gasteiger partial charge is 0.455 e. The van der Waals surface area contributed by atoms with Gasteiger partial charge < -0.3 is 15.7 Å². The molecule has 5 heteroatoms. The predicted molar refractivity (Wildman–Crippen MR) is 80.0 cm³/mol. The van der Waals surface area contributed by atoms with Crippen LogP contribution in [0, 0.1) is 13.8 Å². The number of rotatable bonds is 3. The molecular formula is C15H15ClN2O2. The van der Waals surface area contributed by atoms with Crippen molar-refractivity contribution < 1.29 is 9.94 Å². The number of hydrogen-bond acceptors (Lipinski definition) is 3. The van der Waals surface area contributed by atoms with Crippen molar-refractivity contribution in [2.75, 3.05) is 0 Å². The minimum atomic E-state index is -0.00697. The van der Waals surface area contributed by atoms with Crippen molar-refractivity contribution in [3.63, 3.8) is 0 Å². The highest BCUT2D eigenvalue weighted by molar-refractivity contribution is 6.32. The lowest BCUT2D eigenvalue weighted by molar-refractivity contribution is 0.318. The van der Waals surface area contributed by atoms with Crippen molar-refractivity contribution in [1.29, 1.82) is 0 Å². The Labute approximate surface area is 122 Å². The summed E-state index contributed by atoms with van der Waals surface area (Å²) in [5.74, 6) is 1.05. The maximum absolute atomic E-state index is 8.85. The molecule has 0 bridgehead atoms. The first kappa shape index (κ1) is 14.2. The molecule has 0 amide bonds. The maximum Gasteiger partial charge on any atom is 0.173 e. The van der Waals surface area contributed by atoms with E-state index in [1.54, 1.807) is 12.1 Å². The summed E-state index contributed by atoms with van der Waals surface area (Å²) in [7, 11) is 0. The molecule has 0 aromatic heterocycles. The quantitative estimate of drug-likeness (QED) is 0.390. The number of ether oxygens (including phenoxy) is 1. The van der Waals surface area contributed by atoms with Gasteiger partial charge in [0.1, 0.15) is 11.5 Å². The summed E-state index contributed by atoms with van der Waals surface area (Å²) in [5, 5.41) is 12.4. The van der Waals surface area contributed by atoms with E-state index >= 15 is 0 Å². The van der Waals surface area contributed by atoms with Crippen LogP contribution < -0.4 is 10.5 Å². The first-order valence-electron chi connectivity index (χ1n) is 6.04. The molecule has 0 aliphatic carbocycles. The molecule has 0 unspecified atom stereocenters. The van der Waals surface area contributed by atoms with Gasteiger partial charge in [-0.3, -0.25) is 0 Å². The molecule has 2 rings (SSSR count). The van der Waals surface area contributed by atoms with Crippen LogP contribution in [0.15, 0.2) is 41.6 Å². The number of benzene rings is 2. The summed E-state index contributed by atoms with van der Waals surface area (Å²) in [6.07, 6.45) is 0. The van der Waals surface area contributed by atoms with Gasteiger partial charge >= 0.3 is 0 Å². The molecule has 0 radical (unpaired) electrons. The smallest absolute Gasteiger partial charge is 0.173 e. The summed E-state index contributed by atoms with van der Waals surface area (Å²) in [4.78, 5) is 0. The SMILES string of the molecule is Cc1ccc(Cl)c(Oc2c(C)cccc2/C(N)=N/O)c1. The highest BCUT2D eigenvalue weighted by Gasteiger charge is 2.13. The van der Waals surface area contributed by atoms with Gasteiger partial charge in [0.15, 0.2) is 5.84 Å². The van der Waals surface area contributed by atoms with E-state index in [1.165, 1.54) is 0 Å². The van der Waals surface area contributed by atoms with E-state index < -0.39 is 0 Å². The molecular weight excluding hydrogens is 276 g/mol. The second kappa shape index (κ2) is 5.84. The van der Waals surface area contributed by atoms with Gasteiger partial charge in [-0.25, -0.2) is 0 Å². The Morgan fingerprint density at radius 3 is 2.70 bits per heavy atom. The third kappa shape index (κ3) is 2.86. The van der Waals surface area contributed by atoms with Crippen LogP contribution in [0.1, 0.15) is 16.7 Å². The Hall–Kier alpha value is -2.20. The fourth-order valence-corrected chi connectivity index (χ4v) is 2.00. The third-order valence-corrected chi connectivity index (χ3v) is 3.21. The van der Waals surface area contributed by atoms with E-state index in [0.29, 0.717) is 22.1 Å². The number of oxime groups is 1. The number of halogens is 1. The van der Waals surface area contributed by atoms with Gasteiger partial charge in [-0.1, -0.05) is 35.0 Å². The number of hydrogen-bond donors (Lipinski definition) is 2.